The molecule has 0 atom stereocenters. The van der Waals surface area contributed by atoms with Gasteiger partial charge in [0.15, 0.2) is 5.82 Å². The van der Waals surface area contributed by atoms with E-state index >= 15 is 0 Å². The van der Waals surface area contributed by atoms with Crippen LogP contribution in [0.3, 0.4) is 0 Å². The van der Waals surface area contributed by atoms with Crippen molar-refractivity contribution >= 4 is 33.5 Å². The first kappa shape index (κ1) is 13.9. The number of halogens is 1. The molecule has 4 rings (SSSR count). The fraction of sp³-hybridized carbons (Fsp3) is 0.125. The van der Waals surface area contributed by atoms with Gasteiger partial charge in [-0.2, -0.15) is 5.10 Å². The van der Waals surface area contributed by atoms with Crippen LogP contribution in [0.4, 0.5) is 0 Å². The molecule has 1 aromatic carbocycles. The summed E-state index contributed by atoms with van der Waals surface area (Å²) in [5.41, 5.74) is 3.06. The summed E-state index contributed by atoms with van der Waals surface area (Å²) in [5.74, 6) is 1.28. The Morgan fingerprint density at radius 2 is 1.87 bits per heavy atom. The highest BCUT2D eigenvalue weighted by molar-refractivity contribution is 6.29. The van der Waals surface area contributed by atoms with Crippen molar-refractivity contribution in [3.05, 3.63) is 41.8 Å². The van der Waals surface area contributed by atoms with E-state index in [1.54, 1.807) is 24.1 Å². The quantitative estimate of drug-likeness (QED) is 0.529. The van der Waals surface area contributed by atoms with Crippen LogP contribution in [0.25, 0.3) is 33.3 Å². The summed E-state index contributed by atoms with van der Waals surface area (Å²) in [4.78, 5) is 13.2. The van der Waals surface area contributed by atoms with E-state index in [-0.39, 0.29) is 0 Å². The van der Waals surface area contributed by atoms with Crippen molar-refractivity contribution in [1.29, 1.82) is 0 Å². The smallest absolute Gasteiger partial charge is 0.163 e. The zero-order chi connectivity index (χ0) is 16.0. The predicted molar refractivity (Wildman–Crippen MR) is 88.6 cm³/mol. The number of rotatable bonds is 2. The summed E-state index contributed by atoms with van der Waals surface area (Å²) in [6.45, 7) is 0. The SMILES string of the molecule is COc1c(-c2ncc3nc(Cl)ccc3n2)ccc2nn(C)cc12. The van der Waals surface area contributed by atoms with E-state index in [9.17, 15) is 0 Å². The van der Waals surface area contributed by atoms with Crippen LogP contribution in [0.2, 0.25) is 5.15 Å². The topological polar surface area (TPSA) is 65.7 Å². The minimum Gasteiger partial charge on any atom is -0.495 e. The Morgan fingerprint density at radius 1 is 1.04 bits per heavy atom. The molecule has 3 aromatic heterocycles. The molecule has 0 fully saturated rings. The lowest BCUT2D eigenvalue weighted by atomic mass is 10.1. The summed E-state index contributed by atoms with van der Waals surface area (Å²) in [5, 5.41) is 5.73. The molecule has 6 nitrogen and oxygen atoms in total. The molecule has 0 saturated heterocycles. The first-order valence-corrected chi connectivity index (χ1v) is 7.33. The Morgan fingerprint density at radius 3 is 2.70 bits per heavy atom. The number of ether oxygens (including phenoxy) is 1. The summed E-state index contributed by atoms with van der Waals surface area (Å²) in [6.07, 6.45) is 3.58. The molecule has 0 bridgehead atoms. The molecule has 0 aliphatic rings. The first-order valence-electron chi connectivity index (χ1n) is 6.96. The van der Waals surface area contributed by atoms with E-state index < -0.39 is 0 Å². The maximum absolute atomic E-state index is 5.89. The molecular weight excluding hydrogens is 314 g/mol. The van der Waals surface area contributed by atoms with E-state index in [1.165, 1.54) is 0 Å². The van der Waals surface area contributed by atoms with Crippen LogP contribution >= 0.6 is 11.6 Å². The van der Waals surface area contributed by atoms with Gasteiger partial charge in [0.25, 0.3) is 0 Å². The van der Waals surface area contributed by atoms with E-state index in [2.05, 4.69) is 20.1 Å². The molecular formula is C16H12ClN5O. The molecule has 0 spiro atoms. The highest BCUT2D eigenvalue weighted by atomic mass is 35.5. The lowest BCUT2D eigenvalue weighted by Crippen LogP contribution is -1.95. The van der Waals surface area contributed by atoms with Crippen LogP contribution in [-0.4, -0.2) is 31.8 Å². The molecule has 0 aliphatic heterocycles. The van der Waals surface area contributed by atoms with Gasteiger partial charge in [-0.05, 0) is 24.3 Å². The number of hydrogen-bond acceptors (Lipinski definition) is 5. The Labute approximate surface area is 136 Å². The summed E-state index contributed by atoms with van der Waals surface area (Å²) in [6, 6.07) is 7.38. The van der Waals surface area contributed by atoms with Crippen LogP contribution in [0.1, 0.15) is 0 Å². The van der Waals surface area contributed by atoms with Crippen LogP contribution in [-0.2, 0) is 7.05 Å². The molecule has 0 saturated carbocycles. The monoisotopic (exact) mass is 325 g/mol. The lowest BCUT2D eigenvalue weighted by molar-refractivity contribution is 0.421. The minimum absolute atomic E-state index is 0.420. The largest absolute Gasteiger partial charge is 0.495 e. The summed E-state index contributed by atoms with van der Waals surface area (Å²) in [7, 11) is 3.51. The van der Waals surface area contributed by atoms with Crippen LogP contribution < -0.4 is 4.74 Å². The van der Waals surface area contributed by atoms with Crippen molar-refractivity contribution in [3.63, 3.8) is 0 Å². The Balaban J connectivity index is 1.96. The van der Waals surface area contributed by atoms with Gasteiger partial charge in [0.05, 0.1) is 35.3 Å². The average Bonchev–Trinajstić information content (AvgIpc) is 2.93. The maximum Gasteiger partial charge on any atom is 0.163 e. The number of hydrogen-bond donors (Lipinski definition) is 0. The second-order valence-electron chi connectivity index (χ2n) is 5.11. The fourth-order valence-corrected chi connectivity index (χ4v) is 2.76. The number of fused-ring (bicyclic) bond motifs is 2. The lowest BCUT2D eigenvalue weighted by Gasteiger charge is -2.08. The van der Waals surface area contributed by atoms with Gasteiger partial charge in [-0.3, -0.25) is 4.68 Å². The van der Waals surface area contributed by atoms with Gasteiger partial charge in [-0.25, -0.2) is 15.0 Å². The molecule has 0 radical (unpaired) electrons. The Hall–Kier alpha value is -2.73. The van der Waals surface area contributed by atoms with E-state index in [4.69, 9.17) is 16.3 Å². The van der Waals surface area contributed by atoms with E-state index in [0.717, 1.165) is 22.0 Å². The summed E-state index contributed by atoms with van der Waals surface area (Å²) >= 11 is 5.89. The molecule has 114 valence electrons. The third kappa shape index (κ3) is 2.27. The third-order valence-corrected chi connectivity index (χ3v) is 3.81. The maximum atomic E-state index is 5.89. The molecule has 7 heteroatoms. The van der Waals surface area contributed by atoms with Gasteiger partial charge in [-0.15, -0.1) is 0 Å². The van der Waals surface area contributed by atoms with Gasteiger partial charge < -0.3 is 4.74 Å². The number of methoxy groups -OCH3 is 1. The number of pyridine rings is 1. The van der Waals surface area contributed by atoms with Crippen molar-refractivity contribution < 1.29 is 4.74 Å². The van der Waals surface area contributed by atoms with E-state index in [1.807, 2.05) is 31.4 Å². The molecule has 0 unspecified atom stereocenters. The molecule has 3 heterocycles. The third-order valence-electron chi connectivity index (χ3n) is 3.60. The van der Waals surface area contributed by atoms with Crippen LogP contribution in [0.15, 0.2) is 36.7 Å². The van der Waals surface area contributed by atoms with Gasteiger partial charge in [0.1, 0.15) is 16.4 Å². The van der Waals surface area contributed by atoms with Crippen molar-refractivity contribution in [2.24, 2.45) is 7.05 Å². The highest BCUT2D eigenvalue weighted by Gasteiger charge is 2.15. The van der Waals surface area contributed by atoms with Gasteiger partial charge in [0.2, 0.25) is 0 Å². The second-order valence-corrected chi connectivity index (χ2v) is 5.50. The van der Waals surface area contributed by atoms with Crippen molar-refractivity contribution in [1.82, 2.24) is 24.7 Å². The number of nitrogens with zero attached hydrogens (tertiary/aromatic N) is 5. The van der Waals surface area contributed by atoms with Gasteiger partial charge in [-0.1, -0.05) is 11.6 Å². The Bertz CT molecular complexity index is 1040. The van der Waals surface area contributed by atoms with Gasteiger partial charge in [0, 0.05) is 13.2 Å². The molecule has 0 amide bonds. The minimum atomic E-state index is 0.420. The predicted octanol–water partition coefficient (Wildman–Crippen LogP) is 3.24. The zero-order valence-corrected chi connectivity index (χ0v) is 13.2. The molecule has 4 aromatic rings. The van der Waals surface area contributed by atoms with Crippen LogP contribution in [0.5, 0.6) is 5.75 Å². The first-order chi connectivity index (χ1) is 11.2. The highest BCUT2D eigenvalue weighted by Crippen LogP contribution is 2.35. The fourth-order valence-electron chi connectivity index (χ4n) is 2.61. The van der Waals surface area contributed by atoms with Crippen LogP contribution in [0, 0.1) is 0 Å². The summed E-state index contributed by atoms with van der Waals surface area (Å²) < 4.78 is 7.34. The number of benzene rings is 1. The van der Waals surface area contributed by atoms with Crippen molar-refractivity contribution in [2.45, 2.75) is 0 Å². The van der Waals surface area contributed by atoms with Gasteiger partial charge >= 0.3 is 0 Å². The van der Waals surface area contributed by atoms with Crippen molar-refractivity contribution in [3.8, 4) is 17.1 Å². The normalized spacial score (nSPS) is 11.3. The number of aromatic nitrogens is 5. The molecule has 23 heavy (non-hydrogen) atoms. The zero-order valence-electron chi connectivity index (χ0n) is 12.5. The number of aryl methyl sites for hydroxylation is 1. The standard InChI is InChI=1S/C16H12ClN5O/c1-22-8-10-11(21-22)4-3-9(15(10)23-2)16-18-7-13-12(20-16)5-6-14(17)19-13/h3-8H,1-2H3. The second kappa shape index (κ2) is 5.17. The molecule has 0 N–H and O–H groups in total. The van der Waals surface area contributed by atoms with E-state index in [0.29, 0.717) is 22.2 Å². The Kier molecular flexibility index (Phi) is 3.12. The van der Waals surface area contributed by atoms with Crippen molar-refractivity contribution in [2.75, 3.05) is 7.11 Å². The molecule has 0 aliphatic carbocycles. The average molecular weight is 326 g/mol.